The Balaban J connectivity index is 2.83. The Morgan fingerprint density at radius 3 is 3.00 bits per heavy atom. The Morgan fingerprint density at radius 1 is 1.50 bits per heavy atom. The van der Waals surface area contributed by atoms with E-state index in [9.17, 15) is 0 Å². The molecule has 0 atom stereocenters. The molecule has 0 spiro atoms. The van der Waals surface area contributed by atoms with E-state index < -0.39 is 0 Å². The fourth-order valence-electron chi connectivity index (χ4n) is 1.03. The summed E-state index contributed by atoms with van der Waals surface area (Å²) in [6, 6.07) is 3.79. The van der Waals surface area contributed by atoms with Crippen molar-refractivity contribution in [2.75, 3.05) is 0 Å². The lowest BCUT2D eigenvalue weighted by atomic mass is 10.2. The topological polar surface area (TPSA) is 26.0 Å². The zero-order valence-electron chi connectivity index (χ0n) is 6.27. The van der Waals surface area contributed by atoms with Crippen molar-refractivity contribution in [3.05, 3.63) is 27.5 Å². The minimum atomic E-state index is 0.183. The first-order valence-corrected chi connectivity index (χ1v) is 4.56. The third kappa shape index (κ3) is 1.23. The van der Waals surface area contributed by atoms with E-state index in [1.807, 2.05) is 19.1 Å². The van der Waals surface area contributed by atoms with Gasteiger partial charge in [0.25, 0.3) is 5.35 Å². The van der Waals surface area contributed by atoms with Crippen molar-refractivity contribution in [1.82, 2.24) is 4.98 Å². The standard InChI is InChI=1S/C8H5BrClNO/c1-4-2-6-7(3-5(4)9)12-8(10)11-6/h2-3H,1H3. The Morgan fingerprint density at radius 2 is 2.25 bits per heavy atom. The van der Waals surface area contributed by atoms with E-state index >= 15 is 0 Å². The molecule has 0 saturated heterocycles. The number of nitrogens with zero attached hydrogens (tertiary/aromatic N) is 1. The van der Waals surface area contributed by atoms with Crippen LogP contribution in [0.5, 0.6) is 0 Å². The zero-order chi connectivity index (χ0) is 8.72. The molecule has 2 nitrogen and oxygen atoms in total. The van der Waals surface area contributed by atoms with E-state index in [-0.39, 0.29) is 5.35 Å². The van der Waals surface area contributed by atoms with Gasteiger partial charge in [0.15, 0.2) is 5.58 Å². The molecule has 2 rings (SSSR count). The van der Waals surface area contributed by atoms with Crippen LogP contribution in [0.25, 0.3) is 11.1 Å². The second-order valence-corrected chi connectivity index (χ2v) is 3.71. The minimum Gasteiger partial charge on any atom is -0.428 e. The molecule has 1 aromatic carbocycles. The van der Waals surface area contributed by atoms with Gasteiger partial charge in [-0.2, -0.15) is 4.98 Å². The average molecular weight is 246 g/mol. The lowest BCUT2D eigenvalue weighted by molar-refractivity contribution is 0.604. The van der Waals surface area contributed by atoms with Crippen molar-refractivity contribution in [2.24, 2.45) is 0 Å². The summed E-state index contributed by atoms with van der Waals surface area (Å²) < 4.78 is 6.13. The number of aryl methyl sites for hydroxylation is 1. The summed E-state index contributed by atoms with van der Waals surface area (Å²) in [4.78, 5) is 3.99. The van der Waals surface area contributed by atoms with Crippen molar-refractivity contribution in [2.45, 2.75) is 6.92 Å². The van der Waals surface area contributed by atoms with Crippen molar-refractivity contribution in [1.29, 1.82) is 0 Å². The summed E-state index contributed by atoms with van der Waals surface area (Å²) in [6.45, 7) is 1.99. The van der Waals surface area contributed by atoms with Crippen LogP contribution < -0.4 is 0 Å². The largest absolute Gasteiger partial charge is 0.428 e. The smallest absolute Gasteiger partial charge is 0.293 e. The fraction of sp³-hybridized carbons (Fsp3) is 0.125. The number of fused-ring (bicyclic) bond motifs is 1. The second kappa shape index (κ2) is 2.75. The molecule has 0 fully saturated rings. The van der Waals surface area contributed by atoms with Gasteiger partial charge in [-0.15, -0.1) is 0 Å². The van der Waals surface area contributed by atoms with E-state index in [0.29, 0.717) is 5.58 Å². The van der Waals surface area contributed by atoms with E-state index in [4.69, 9.17) is 16.0 Å². The molecule has 0 amide bonds. The maximum Gasteiger partial charge on any atom is 0.293 e. The monoisotopic (exact) mass is 245 g/mol. The van der Waals surface area contributed by atoms with Gasteiger partial charge in [0, 0.05) is 4.47 Å². The number of halogens is 2. The van der Waals surface area contributed by atoms with Crippen LogP contribution in [-0.2, 0) is 0 Å². The van der Waals surface area contributed by atoms with Gasteiger partial charge >= 0.3 is 0 Å². The Kier molecular flexibility index (Phi) is 1.85. The van der Waals surface area contributed by atoms with E-state index in [0.717, 1.165) is 15.6 Å². The van der Waals surface area contributed by atoms with Gasteiger partial charge in [0.05, 0.1) is 0 Å². The SMILES string of the molecule is Cc1cc2nc(Cl)oc2cc1Br. The molecule has 0 radical (unpaired) electrons. The molecule has 0 bridgehead atoms. The van der Waals surface area contributed by atoms with Crippen LogP contribution in [0.15, 0.2) is 21.0 Å². The normalized spacial score (nSPS) is 10.9. The van der Waals surface area contributed by atoms with Crippen LogP contribution in [0.1, 0.15) is 5.56 Å². The summed E-state index contributed by atoms with van der Waals surface area (Å²) in [7, 11) is 0. The molecule has 62 valence electrons. The molecule has 0 aliphatic rings. The number of aromatic nitrogens is 1. The van der Waals surface area contributed by atoms with Gasteiger partial charge in [-0.3, -0.25) is 0 Å². The fourth-order valence-corrected chi connectivity index (χ4v) is 1.52. The molecule has 0 unspecified atom stereocenters. The quantitative estimate of drug-likeness (QED) is 0.710. The molecule has 2 aromatic rings. The first kappa shape index (κ1) is 8.08. The summed E-state index contributed by atoms with van der Waals surface area (Å²) in [6.07, 6.45) is 0. The summed E-state index contributed by atoms with van der Waals surface area (Å²) in [5.41, 5.74) is 2.62. The number of hydrogen-bond donors (Lipinski definition) is 0. The van der Waals surface area contributed by atoms with Gasteiger partial charge in [0.2, 0.25) is 0 Å². The summed E-state index contributed by atoms with van der Waals surface area (Å²) >= 11 is 8.99. The van der Waals surface area contributed by atoms with E-state index in [1.165, 1.54) is 0 Å². The summed E-state index contributed by atoms with van der Waals surface area (Å²) in [5, 5.41) is 0.183. The van der Waals surface area contributed by atoms with E-state index in [1.54, 1.807) is 0 Å². The molecule has 0 aliphatic heterocycles. The predicted molar refractivity (Wildman–Crippen MR) is 51.5 cm³/mol. The van der Waals surface area contributed by atoms with E-state index in [2.05, 4.69) is 20.9 Å². The highest BCUT2D eigenvalue weighted by atomic mass is 79.9. The third-order valence-electron chi connectivity index (χ3n) is 1.64. The molecule has 4 heteroatoms. The highest BCUT2D eigenvalue weighted by molar-refractivity contribution is 9.10. The third-order valence-corrected chi connectivity index (χ3v) is 2.66. The lowest BCUT2D eigenvalue weighted by Gasteiger charge is -1.94. The molecule has 1 aromatic heterocycles. The van der Waals surface area contributed by atoms with Gasteiger partial charge in [-0.05, 0) is 36.2 Å². The van der Waals surface area contributed by atoms with Crippen molar-refractivity contribution < 1.29 is 4.42 Å². The van der Waals surface area contributed by atoms with Crippen LogP contribution >= 0.6 is 27.5 Å². The number of hydrogen-bond acceptors (Lipinski definition) is 2. The minimum absolute atomic E-state index is 0.183. The van der Waals surface area contributed by atoms with Crippen LogP contribution in [0.3, 0.4) is 0 Å². The zero-order valence-corrected chi connectivity index (χ0v) is 8.61. The number of benzene rings is 1. The van der Waals surface area contributed by atoms with Gasteiger partial charge in [-0.25, -0.2) is 0 Å². The molecule has 0 N–H and O–H groups in total. The second-order valence-electron chi connectivity index (χ2n) is 2.54. The first-order chi connectivity index (χ1) is 5.66. The maximum absolute atomic E-state index is 5.59. The van der Waals surface area contributed by atoms with Crippen molar-refractivity contribution >= 4 is 38.6 Å². The van der Waals surface area contributed by atoms with Crippen LogP contribution in [0.4, 0.5) is 0 Å². The molecule has 0 aliphatic carbocycles. The maximum atomic E-state index is 5.59. The van der Waals surface area contributed by atoms with Crippen LogP contribution in [-0.4, -0.2) is 4.98 Å². The van der Waals surface area contributed by atoms with Crippen LogP contribution in [0, 0.1) is 6.92 Å². The van der Waals surface area contributed by atoms with Gasteiger partial charge < -0.3 is 4.42 Å². The number of oxazole rings is 1. The van der Waals surface area contributed by atoms with Crippen LogP contribution in [0.2, 0.25) is 5.35 Å². The number of rotatable bonds is 0. The van der Waals surface area contributed by atoms with Gasteiger partial charge in [0.1, 0.15) is 5.52 Å². The Hall–Kier alpha value is -0.540. The lowest BCUT2D eigenvalue weighted by Crippen LogP contribution is -1.75. The van der Waals surface area contributed by atoms with Crippen molar-refractivity contribution in [3.63, 3.8) is 0 Å². The molecule has 0 saturated carbocycles. The molecule has 12 heavy (non-hydrogen) atoms. The Labute approximate surface area is 82.7 Å². The summed E-state index contributed by atoms with van der Waals surface area (Å²) in [5.74, 6) is 0. The molecule has 1 heterocycles. The Bertz CT molecular complexity index is 399. The highest BCUT2D eigenvalue weighted by Crippen LogP contribution is 2.25. The average Bonchev–Trinajstić information content (AvgIpc) is 2.30. The predicted octanol–water partition coefficient (Wildman–Crippen LogP) is 3.55. The van der Waals surface area contributed by atoms with Gasteiger partial charge in [-0.1, -0.05) is 15.9 Å². The first-order valence-electron chi connectivity index (χ1n) is 3.39. The molecular weight excluding hydrogens is 241 g/mol. The van der Waals surface area contributed by atoms with Crippen molar-refractivity contribution in [3.8, 4) is 0 Å². The highest BCUT2D eigenvalue weighted by Gasteiger charge is 2.05. The molecular formula is C8H5BrClNO.